The Balaban J connectivity index is 1.35. The third kappa shape index (κ3) is 3.14. The normalized spacial score (nSPS) is 20.2. The molecule has 136 valence electrons. The summed E-state index contributed by atoms with van der Waals surface area (Å²) in [6.07, 6.45) is 7.33. The molecule has 1 aliphatic rings. The Hall–Kier alpha value is -2.90. The molecule has 0 unspecified atom stereocenters. The summed E-state index contributed by atoms with van der Waals surface area (Å²) < 4.78 is 7.31. The van der Waals surface area contributed by atoms with Crippen molar-refractivity contribution in [1.82, 2.24) is 24.9 Å². The maximum Gasteiger partial charge on any atom is 0.318 e. The third-order valence-electron chi connectivity index (χ3n) is 5.04. The highest BCUT2D eigenvalue weighted by Crippen LogP contribution is 2.26. The molecule has 1 aliphatic carbocycles. The first-order chi connectivity index (χ1) is 12.6. The summed E-state index contributed by atoms with van der Waals surface area (Å²) in [6, 6.07) is 6.82. The number of aryl methyl sites for hydroxylation is 1. The minimum Gasteiger partial charge on any atom is -0.408 e. The molecule has 0 spiro atoms. The first-order valence-electron chi connectivity index (χ1n) is 8.87. The van der Waals surface area contributed by atoms with E-state index in [1.54, 1.807) is 13.1 Å². The van der Waals surface area contributed by atoms with Crippen molar-refractivity contribution in [2.75, 3.05) is 11.9 Å². The third-order valence-corrected chi connectivity index (χ3v) is 5.04. The number of carbonyl (C=O) groups excluding carboxylic acids is 1. The lowest BCUT2D eigenvalue weighted by atomic mass is 9.90. The fraction of sp³-hybridized carbons (Fsp3) is 0.444. The van der Waals surface area contributed by atoms with Gasteiger partial charge in [-0.2, -0.15) is 0 Å². The number of pyridine rings is 1. The predicted molar refractivity (Wildman–Crippen MR) is 96.1 cm³/mol. The maximum absolute atomic E-state index is 12.6. The van der Waals surface area contributed by atoms with Crippen LogP contribution in [0.15, 0.2) is 35.0 Å². The Morgan fingerprint density at radius 2 is 2.08 bits per heavy atom. The van der Waals surface area contributed by atoms with Gasteiger partial charge in [0.1, 0.15) is 0 Å². The molecule has 8 nitrogen and oxygen atoms in total. The number of rotatable bonds is 4. The van der Waals surface area contributed by atoms with Crippen LogP contribution in [-0.2, 0) is 0 Å². The summed E-state index contributed by atoms with van der Waals surface area (Å²) in [5.74, 6) is 0.876. The zero-order valence-electron chi connectivity index (χ0n) is 14.9. The zero-order valence-corrected chi connectivity index (χ0v) is 14.9. The average molecular weight is 354 g/mol. The molecule has 0 bridgehead atoms. The second-order valence-electron chi connectivity index (χ2n) is 6.77. The van der Waals surface area contributed by atoms with Gasteiger partial charge in [0.25, 0.3) is 5.91 Å². The lowest BCUT2D eigenvalue weighted by Crippen LogP contribution is -2.43. The molecule has 8 heteroatoms. The lowest BCUT2D eigenvalue weighted by Gasteiger charge is -2.33. The fourth-order valence-electron chi connectivity index (χ4n) is 3.55. The highest BCUT2D eigenvalue weighted by atomic mass is 16.4. The molecule has 26 heavy (non-hydrogen) atoms. The molecule has 0 aromatic carbocycles. The van der Waals surface area contributed by atoms with E-state index < -0.39 is 0 Å². The van der Waals surface area contributed by atoms with E-state index in [9.17, 15) is 4.79 Å². The number of nitrogens with one attached hydrogen (secondary N) is 1. The van der Waals surface area contributed by atoms with Gasteiger partial charge in [0.2, 0.25) is 11.7 Å². The molecule has 1 N–H and O–H groups in total. The van der Waals surface area contributed by atoms with Crippen LogP contribution < -0.4 is 10.2 Å². The largest absolute Gasteiger partial charge is 0.408 e. The molecule has 0 saturated heterocycles. The highest BCUT2D eigenvalue weighted by Gasteiger charge is 2.28. The molecule has 0 aliphatic heterocycles. The summed E-state index contributed by atoms with van der Waals surface area (Å²) in [5.41, 5.74) is 0.915. The van der Waals surface area contributed by atoms with Crippen molar-refractivity contribution in [3.8, 4) is 0 Å². The Kier molecular flexibility index (Phi) is 4.32. The van der Waals surface area contributed by atoms with Crippen molar-refractivity contribution in [1.29, 1.82) is 0 Å². The van der Waals surface area contributed by atoms with Crippen molar-refractivity contribution in [2.24, 2.45) is 0 Å². The van der Waals surface area contributed by atoms with Crippen LogP contribution in [0.4, 0.5) is 6.01 Å². The number of carbonyl (C=O) groups is 1. The fourth-order valence-corrected chi connectivity index (χ4v) is 3.55. The van der Waals surface area contributed by atoms with Crippen LogP contribution in [0.3, 0.4) is 0 Å². The number of nitrogens with zero attached hydrogens (tertiary/aromatic N) is 5. The average Bonchev–Trinajstić information content (AvgIpc) is 3.28. The van der Waals surface area contributed by atoms with Crippen LogP contribution in [0.2, 0.25) is 0 Å². The molecular weight excluding hydrogens is 332 g/mol. The number of hydrogen-bond donors (Lipinski definition) is 1. The molecule has 0 radical (unpaired) electrons. The standard InChI is InChI=1S/C18H22N6O2/c1-12-21-22-18(26-12)23(2)14-8-6-13(7-9-14)20-17(25)16-19-11-15-5-3-4-10-24(15)16/h3-5,10-11,13-14H,6-9H2,1-2H3,(H,20,25). The molecular formula is C18H22N6O2. The minimum absolute atomic E-state index is 0.125. The molecule has 3 heterocycles. The van der Waals surface area contributed by atoms with Gasteiger partial charge in [-0.25, -0.2) is 4.98 Å². The van der Waals surface area contributed by atoms with E-state index in [0.29, 0.717) is 23.8 Å². The Bertz CT molecular complexity index is 909. The molecule has 3 aromatic rings. The van der Waals surface area contributed by atoms with Gasteiger partial charge in [0.05, 0.1) is 11.7 Å². The van der Waals surface area contributed by atoms with E-state index in [2.05, 4.69) is 20.5 Å². The van der Waals surface area contributed by atoms with Gasteiger partial charge >= 0.3 is 6.01 Å². The van der Waals surface area contributed by atoms with Crippen LogP contribution in [0, 0.1) is 6.92 Å². The monoisotopic (exact) mass is 354 g/mol. The van der Waals surface area contributed by atoms with E-state index in [4.69, 9.17) is 4.42 Å². The van der Waals surface area contributed by atoms with Gasteiger partial charge in [0.15, 0.2) is 0 Å². The first-order valence-corrected chi connectivity index (χ1v) is 8.87. The van der Waals surface area contributed by atoms with Gasteiger partial charge in [-0.15, -0.1) is 5.10 Å². The van der Waals surface area contributed by atoms with Gasteiger partial charge in [0, 0.05) is 32.3 Å². The number of anilines is 1. The number of amides is 1. The quantitative estimate of drug-likeness (QED) is 0.773. The molecule has 4 rings (SSSR count). The number of aromatic nitrogens is 4. The summed E-state index contributed by atoms with van der Waals surface area (Å²) >= 11 is 0. The lowest BCUT2D eigenvalue weighted by molar-refractivity contribution is 0.0914. The molecule has 1 fully saturated rings. The number of fused-ring (bicyclic) bond motifs is 1. The van der Waals surface area contributed by atoms with Gasteiger partial charge in [-0.05, 0) is 37.8 Å². The Morgan fingerprint density at radius 3 is 2.81 bits per heavy atom. The summed E-state index contributed by atoms with van der Waals surface area (Å²) in [7, 11) is 1.98. The second-order valence-corrected chi connectivity index (χ2v) is 6.77. The van der Waals surface area contributed by atoms with Crippen molar-refractivity contribution in [2.45, 2.75) is 44.7 Å². The van der Waals surface area contributed by atoms with E-state index in [-0.39, 0.29) is 11.9 Å². The van der Waals surface area contributed by atoms with Crippen LogP contribution in [0.25, 0.3) is 5.52 Å². The van der Waals surface area contributed by atoms with Gasteiger partial charge in [-0.1, -0.05) is 11.2 Å². The predicted octanol–water partition coefficient (Wildman–Crippen LogP) is 2.20. The van der Waals surface area contributed by atoms with E-state index >= 15 is 0 Å². The van der Waals surface area contributed by atoms with Gasteiger partial charge < -0.3 is 14.6 Å². The van der Waals surface area contributed by atoms with Crippen molar-refractivity contribution in [3.05, 3.63) is 42.3 Å². The van der Waals surface area contributed by atoms with Crippen molar-refractivity contribution >= 4 is 17.4 Å². The maximum atomic E-state index is 12.6. The SMILES string of the molecule is Cc1nnc(N(C)C2CCC(NC(=O)c3ncc4ccccn34)CC2)o1. The summed E-state index contributed by atoms with van der Waals surface area (Å²) in [4.78, 5) is 18.9. The van der Waals surface area contributed by atoms with E-state index in [1.807, 2.05) is 40.7 Å². The number of hydrogen-bond acceptors (Lipinski definition) is 6. The van der Waals surface area contributed by atoms with E-state index in [0.717, 1.165) is 31.2 Å². The summed E-state index contributed by atoms with van der Waals surface area (Å²) in [6.45, 7) is 1.79. The van der Waals surface area contributed by atoms with Gasteiger partial charge in [-0.3, -0.25) is 9.20 Å². The van der Waals surface area contributed by atoms with Crippen LogP contribution in [0.1, 0.15) is 42.2 Å². The van der Waals surface area contributed by atoms with Crippen LogP contribution in [-0.4, -0.2) is 44.6 Å². The summed E-state index contributed by atoms with van der Waals surface area (Å²) in [5, 5.41) is 11.1. The molecule has 0 atom stereocenters. The Morgan fingerprint density at radius 1 is 1.27 bits per heavy atom. The van der Waals surface area contributed by atoms with Crippen molar-refractivity contribution in [3.63, 3.8) is 0 Å². The number of imidazole rings is 1. The zero-order chi connectivity index (χ0) is 18.1. The minimum atomic E-state index is -0.125. The topological polar surface area (TPSA) is 88.6 Å². The molecule has 1 amide bonds. The van der Waals surface area contributed by atoms with E-state index in [1.165, 1.54) is 0 Å². The molecule has 3 aromatic heterocycles. The highest BCUT2D eigenvalue weighted by molar-refractivity contribution is 5.92. The van der Waals surface area contributed by atoms with Crippen molar-refractivity contribution < 1.29 is 9.21 Å². The smallest absolute Gasteiger partial charge is 0.318 e. The second kappa shape index (κ2) is 6.78. The molecule has 1 saturated carbocycles. The first kappa shape index (κ1) is 16.6. The van der Waals surface area contributed by atoms with Crippen LogP contribution >= 0.6 is 0 Å². The Labute approximate surface area is 151 Å². The van der Waals surface area contributed by atoms with Crippen LogP contribution in [0.5, 0.6) is 0 Å².